The lowest BCUT2D eigenvalue weighted by Gasteiger charge is -2.28. The maximum Gasteiger partial charge on any atom is 0.122 e. The van der Waals surface area contributed by atoms with E-state index in [2.05, 4.69) is 36.4 Å². The van der Waals surface area contributed by atoms with Crippen LogP contribution < -0.4 is 0 Å². The van der Waals surface area contributed by atoms with Crippen molar-refractivity contribution < 1.29 is 4.39 Å². The van der Waals surface area contributed by atoms with E-state index in [0.29, 0.717) is 5.92 Å². The molecule has 3 unspecified atom stereocenters. The summed E-state index contributed by atoms with van der Waals surface area (Å²) in [7, 11) is 0. The van der Waals surface area contributed by atoms with Crippen molar-refractivity contribution in [2.24, 2.45) is 11.8 Å². The molecule has 0 bridgehead atoms. The zero-order valence-corrected chi connectivity index (χ0v) is 9.84. The predicted molar refractivity (Wildman–Crippen MR) is 59.4 cm³/mol. The van der Waals surface area contributed by atoms with Crippen LogP contribution >= 0.6 is 22.6 Å². The van der Waals surface area contributed by atoms with Crippen LogP contribution in [0, 0.1) is 11.8 Å². The fraction of sp³-hybridized carbons (Fsp3) is 0.800. The average Bonchev–Trinajstić information content (AvgIpc) is 2.08. The predicted octanol–water partition coefficient (Wildman–Crippen LogP) is 3.75. The topological polar surface area (TPSA) is 0 Å². The first-order valence-corrected chi connectivity index (χ1v) is 6.12. The highest BCUT2D eigenvalue weighted by molar-refractivity contribution is 14.1. The molecule has 0 aromatic rings. The van der Waals surface area contributed by atoms with E-state index in [1.807, 2.05) is 6.08 Å². The Morgan fingerprint density at radius 2 is 2.33 bits per heavy atom. The Morgan fingerprint density at radius 3 is 2.83 bits per heavy atom. The van der Waals surface area contributed by atoms with Gasteiger partial charge in [-0.25, -0.2) is 4.39 Å². The van der Waals surface area contributed by atoms with Crippen LogP contribution in [0.2, 0.25) is 0 Å². The van der Waals surface area contributed by atoms with Crippen molar-refractivity contribution in [2.75, 3.05) is 4.43 Å². The van der Waals surface area contributed by atoms with Crippen LogP contribution in [-0.2, 0) is 0 Å². The Kier molecular flexibility index (Phi) is 4.00. The van der Waals surface area contributed by atoms with Crippen LogP contribution in [0.15, 0.2) is 11.6 Å². The van der Waals surface area contributed by atoms with Crippen molar-refractivity contribution >= 4 is 22.6 Å². The van der Waals surface area contributed by atoms with Gasteiger partial charge in [0.1, 0.15) is 6.17 Å². The normalized spacial score (nSPS) is 36.3. The summed E-state index contributed by atoms with van der Waals surface area (Å²) in [6.45, 7) is 4.32. The summed E-state index contributed by atoms with van der Waals surface area (Å²) < 4.78 is 14.3. The maximum atomic E-state index is 13.4. The summed E-state index contributed by atoms with van der Waals surface area (Å²) in [6.07, 6.45) is 3.20. The molecule has 3 atom stereocenters. The standard InChI is InChI=1S/C10H16FI/c1-3-8-5-10(11)9(6-12)4-7(8)2/h5,7,9-10H,3-4,6H2,1-2H3. The molecule has 0 N–H and O–H groups in total. The molecule has 0 saturated heterocycles. The summed E-state index contributed by atoms with van der Waals surface area (Å²) in [5, 5.41) is 0. The number of hydrogen-bond acceptors (Lipinski definition) is 0. The van der Waals surface area contributed by atoms with Gasteiger partial charge in [0.05, 0.1) is 0 Å². The summed E-state index contributed by atoms with van der Waals surface area (Å²) >= 11 is 2.28. The molecule has 70 valence electrons. The number of alkyl halides is 2. The third-order valence-electron chi connectivity index (χ3n) is 2.72. The molecule has 0 aliphatic heterocycles. The van der Waals surface area contributed by atoms with Gasteiger partial charge in [-0.3, -0.25) is 0 Å². The monoisotopic (exact) mass is 282 g/mol. The fourth-order valence-corrected chi connectivity index (χ4v) is 2.70. The first-order valence-electron chi connectivity index (χ1n) is 4.59. The average molecular weight is 282 g/mol. The Morgan fingerprint density at radius 1 is 1.67 bits per heavy atom. The van der Waals surface area contributed by atoms with Crippen LogP contribution in [0.25, 0.3) is 0 Å². The zero-order chi connectivity index (χ0) is 9.14. The Bertz CT molecular complexity index is 177. The van der Waals surface area contributed by atoms with Crippen molar-refractivity contribution in [3.05, 3.63) is 11.6 Å². The van der Waals surface area contributed by atoms with E-state index in [1.165, 1.54) is 5.57 Å². The largest absolute Gasteiger partial charge is 0.243 e. The van der Waals surface area contributed by atoms with Gasteiger partial charge < -0.3 is 0 Å². The molecule has 0 amide bonds. The molecule has 0 heterocycles. The first kappa shape index (κ1) is 10.5. The molecule has 1 aliphatic carbocycles. The third-order valence-corrected chi connectivity index (χ3v) is 3.85. The van der Waals surface area contributed by atoms with E-state index in [1.54, 1.807) is 0 Å². The minimum Gasteiger partial charge on any atom is -0.243 e. The Hall–Kier alpha value is 0.400. The summed E-state index contributed by atoms with van der Waals surface area (Å²) in [6, 6.07) is 0. The van der Waals surface area contributed by atoms with Gasteiger partial charge in [-0.15, -0.1) is 0 Å². The molecule has 12 heavy (non-hydrogen) atoms. The van der Waals surface area contributed by atoms with Crippen molar-refractivity contribution in [3.63, 3.8) is 0 Å². The van der Waals surface area contributed by atoms with E-state index in [4.69, 9.17) is 0 Å². The van der Waals surface area contributed by atoms with Crippen LogP contribution in [0.1, 0.15) is 26.7 Å². The molecule has 0 fully saturated rings. The van der Waals surface area contributed by atoms with Crippen LogP contribution in [0.3, 0.4) is 0 Å². The van der Waals surface area contributed by atoms with Gasteiger partial charge in [0, 0.05) is 10.3 Å². The van der Waals surface area contributed by atoms with Crippen LogP contribution in [0.4, 0.5) is 4.39 Å². The zero-order valence-electron chi connectivity index (χ0n) is 7.69. The van der Waals surface area contributed by atoms with E-state index in [9.17, 15) is 4.39 Å². The smallest absolute Gasteiger partial charge is 0.122 e. The number of rotatable bonds is 2. The molecule has 1 rings (SSSR count). The molecule has 0 spiro atoms. The van der Waals surface area contributed by atoms with E-state index >= 15 is 0 Å². The van der Waals surface area contributed by atoms with Crippen LogP contribution in [0.5, 0.6) is 0 Å². The molecule has 0 nitrogen and oxygen atoms in total. The molecular formula is C10H16FI. The highest BCUT2D eigenvalue weighted by Gasteiger charge is 2.26. The van der Waals surface area contributed by atoms with E-state index in [-0.39, 0.29) is 5.92 Å². The molecular weight excluding hydrogens is 266 g/mol. The Balaban J connectivity index is 2.69. The van der Waals surface area contributed by atoms with Gasteiger partial charge in [-0.2, -0.15) is 0 Å². The van der Waals surface area contributed by atoms with Gasteiger partial charge in [0.2, 0.25) is 0 Å². The van der Waals surface area contributed by atoms with Gasteiger partial charge in [-0.1, -0.05) is 48.1 Å². The quantitative estimate of drug-likeness (QED) is 0.411. The maximum absolute atomic E-state index is 13.4. The first-order chi connectivity index (χ1) is 5.69. The third kappa shape index (κ3) is 2.21. The lowest BCUT2D eigenvalue weighted by molar-refractivity contribution is 0.252. The number of hydrogen-bond donors (Lipinski definition) is 0. The second-order valence-electron chi connectivity index (χ2n) is 3.59. The fourth-order valence-electron chi connectivity index (χ4n) is 1.85. The van der Waals surface area contributed by atoms with E-state index < -0.39 is 6.17 Å². The molecule has 0 aromatic heterocycles. The molecule has 0 radical (unpaired) electrons. The van der Waals surface area contributed by atoms with Gasteiger partial charge in [0.25, 0.3) is 0 Å². The van der Waals surface area contributed by atoms with Crippen LogP contribution in [-0.4, -0.2) is 10.6 Å². The minimum atomic E-state index is -0.687. The summed E-state index contributed by atoms with van der Waals surface area (Å²) in [5.41, 5.74) is 1.31. The number of halogens is 2. The second kappa shape index (κ2) is 4.58. The SMILES string of the molecule is CCC1=CC(F)C(CI)CC1C. The lowest BCUT2D eigenvalue weighted by atomic mass is 9.81. The van der Waals surface area contributed by atoms with Crippen molar-refractivity contribution in [1.82, 2.24) is 0 Å². The molecule has 0 saturated carbocycles. The van der Waals surface area contributed by atoms with Gasteiger partial charge >= 0.3 is 0 Å². The second-order valence-corrected chi connectivity index (χ2v) is 4.47. The minimum absolute atomic E-state index is 0.260. The highest BCUT2D eigenvalue weighted by Crippen LogP contribution is 2.33. The summed E-state index contributed by atoms with van der Waals surface area (Å²) in [5.74, 6) is 0.859. The van der Waals surface area contributed by atoms with Crippen molar-refractivity contribution in [2.45, 2.75) is 32.9 Å². The molecule has 2 heteroatoms. The molecule has 0 aromatic carbocycles. The van der Waals surface area contributed by atoms with E-state index in [0.717, 1.165) is 17.3 Å². The van der Waals surface area contributed by atoms with Crippen molar-refractivity contribution in [1.29, 1.82) is 0 Å². The van der Waals surface area contributed by atoms with Gasteiger partial charge in [0.15, 0.2) is 0 Å². The Labute approximate surface area is 87.8 Å². The highest BCUT2D eigenvalue weighted by atomic mass is 127. The molecule has 1 aliphatic rings. The number of allylic oxidation sites excluding steroid dienone is 2. The van der Waals surface area contributed by atoms with Crippen molar-refractivity contribution in [3.8, 4) is 0 Å². The van der Waals surface area contributed by atoms with Gasteiger partial charge in [-0.05, 0) is 18.8 Å². The summed E-state index contributed by atoms with van der Waals surface area (Å²) in [4.78, 5) is 0. The lowest BCUT2D eigenvalue weighted by Crippen LogP contribution is -2.24.